The largest absolute Gasteiger partial charge is 0.0725 e. The highest BCUT2D eigenvalue weighted by atomic mass is 14.5. The maximum atomic E-state index is 2.52. The molecule has 0 bridgehead atoms. The molecule has 3 aliphatic rings. The lowest BCUT2D eigenvalue weighted by Crippen LogP contribution is -2.26. The third kappa shape index (κ3) is 3.48. The SMILES string of the molecule is CC1c2ccccc2-c2cccc(-c3ccc([C@H](C)c4ccc5c(c4)C4(c6ccccc6-c6ccccc64)c4ccccc4-5)cc3)c21. The summed E-state index contributed by atoms with van der Waals surface area (Å²) in [7, 11) is 0. The first kappa shape index (κ1) is 26.7. The highest BCUT2D eigenvalue weighted by Crippen LogP contribution is 2.63. The Morgan fingerprint density at radius 1 is 0.426 bits per heavy atom. The van der Waals surface area contributed by atoms with Crippen molar-refractivity contribution < 1.29 is 0 Å². The fourth-order valence-electron chi connectivity index (χ4n) is 9.32. The molecule has 0 fully saturated rings. The molecular formula is C47H34. The average Bonchev–Trinajstić information content (AvgIpc) is 3.73. The predicted molar refractivity (Wildman–Crippen MR) is 195 cm³/mol. The fourth-order valence-corrected chi connectivity index (χ4v) is 9.32. The van der Waals surface area contributed by atoms with Crippen molar-refractivity contribution in [2.45, 2.75) is 31.1 Å². The van der Waals surface area contributed by atoms with Crippen LogP contribution in [0.4, 0.5) is 0 Å². The number of rotatable bonds is 3. The van der Waals surface area contributed by atoms with E-state index in [-0.39, 0.29) is 11.3 Å². The van der Waals surface area contributed by atoms with Gasteiger partial charge >= 0.3 is 0 Å². The minimum atomic E-state index is -0.305. The van der Waals surface area contributed by atoms with Gasteiger partial charge in [0, 0.05) is 11.8 Å². The fraction of sp³-hybridized carbons (Fsp3) is 0.106. The van der Waals surface area contributed by atoms with Crippen LogP contribution in [0.3, 0.4) is 0 Å². The molecule has 10 rings (SSSR count). The third-order valence-corrected chi connectivity index (χ3v) is 11.5. The van der Waals surface area contributed by atoms with Crippen LogP contribution in [0.15, 0.2) is 158 Å². The van der Waals surface area contributed by atoms with Gasteiger partial charge in [0.15, 0.2) is 0 Å². The van der Waals surface area contributed by atoms with Gasteiger partial charge in [-0.1, -0.05) is 172 Å². The molecule has 222 valence electrons. The van der Waals surface area contributed by atoms with Gasteiger partial charge in [-0.15, -0.1) is 0 Å². The van der Waals surface area contributed by atoms with E-state index in [1.54, 1.807) is 0 Å². The Labute approximate surface area is 277 Å². The Bertz CT molecular complexity index is 2320. The molecule has 0 saturated heterocycles. The molecule has 0 nitrogen and oxygen atoms in total. The van der Waals surface area contributed by atoms with Crippen LogP contribution in [0.5, 0.6) is 0 Å². The summed E-state index contributed by atoms with van der Waals surface area (Å²) >= 11 is 0. The van der Waals surface area contributed by atoms with E-state index in [2.05, 4.69) is 172 Å². The molecule has 0 aliphatic heterocycles. The van der Waals surface area contributed by atoms with Gasteiger partial charge < -0.3 is 0 Å². The summed E-state index contributed by atoms with van der Waals surface area (Å²) in [5.41, 5.74) is 21.7. The Morgan fingerprint density at radius 2 is 0.915 bits per heavy atom. The molecule has 1 spiro atoms. The molecule has 47 heavy (non-hydrogen) atoms. The lowest BCUT2D eigenvalue weighted by molar-refractivity contribution is 0.788. The summed E-state index contributed by atoms with van der Waals surface area (Å²) in [6.07, 6.45) is 0. The van der Waals surface area contributed by atoms with Gasteiger partial charge in [-0.05, 0) is 89.0 Å². The molecule has 7 aromatic carbocycles. The van der Waals surface area contributed by atoms with Crippen molar-refractivity contribution >= 4 is 0 Å². The number of benzene rings is 7. The summed E-state index contributed by atoms with van der Waals surface area (Å²) in [5.74, 6) is 0.649. The summed E-state index contributed by atoms with van der Waals surface area (Å²) in [6, 6.07) is 59.5. The Kier molecular flexibility index (Phi) is 5.56. The zero-order chi connectivity index (χ0) is 31.3. The lowest BCUT2D eigenvalue weighted by atomic mass is 9.70. The van der Waals surface area contributed by atoms with Crippen LogP contribution in [0.1, 0.15) is 70.2 Å². The molecule has 0 radical (unpaired) electrons. The molecule has 0 heterocycles. The van der Waals surface area contributed by atoms with Crippen molar-refractivity contribution in [2.24, 2.45) is 0 Å². The van der Waals surface area contributed by atoms with Crippen LogP contribution < -0.4 is 0 Å². The maximum Gasteiger partial charge on any atom is 0.0725 e. The van der Waals surface area contributed by atoms with Crippen LogP contribution in [0, 0.1) is 0 Å². The topological polar surface area (TPSA) is 0 Å². The van der Waals surface area contributed by atoms with Gasteiger partial charge in [0.1, 0.15) is 0 Å². The molecule has 0 heteroatoms. The summed E-state index contributed by atoms with van der Waals surface area (Å²) in [5, 5.41) is 0. The Balaban J connectivity index is 1.08. The highest BCUT2D eigenvalue weighted by molar-refractivity contribution is 5.95. The van der Waals surface area contributed by atoms with E-state index in [0.29, 0.717) is 5.92 Å². The van der Waals surface area contributed by atoms with Crippen molar-refractivity contribution in [3.63, 3.8) is 0 Å². The third-order valence-electron chi connectivity index (χ3n) is 11.5. The van der Waals surface area contributed by atoms with E-state index in [1.807, 2.05) is 0 Å². The summed E-state index contributed by atoms with van der Waals surface area (Å²) in [6.45, 7) is 4.71. The van der Waals surface area contributed by atoms with Gasteiger partial charge in [-0.25, -0.2) is 0 Å². The second-order valence-corrected chi connectivity index (χ2v) is 13.6. The second kappa shape index (κ2) is 9.77. The molecule has 0 aromatic heterocycles. The van der Waals surface area contributed by atoms with Crippen molar-refractivity contribution in [2.75, 3.05) is 0 Å². The molecule has 2 atom stereocenters. The van der Waals surface area contributed by atoms with E-state index < -0.39 is 0 Å². The lowest BCUT2D eigenvalue weighted by Gasteiger charge is -2.31. The van der Waals surface area contributed by atoms with Gasteiger partial charge in [-0.3, -0.25) is 0 Å². The van der Waals surface area contributed by atoms with Crippen LogP contribution >= 0.6 is 0 Å². The first-order valence-corrected chi connectivity index (χ1v) is 16.9. The Hall–Kier alpha value is -5.46. The number of fused-ring (bicyclic) bond motifs is 13. The van der Waals surface area contributed by atoms with E-state index >= 15 is 0 Å². The second-order valence-electron chi connectivity index (χ2n) is 13.6. The van der Waals surface area contributed by atoms with Gasteiger partial charge in [0.2, 0.25) is 0 Å². The van der Waals surface area contributed by atoms with Gasteiger partial charge in [0.25, 0.3) is 0 Å². The molecule has 7 aromatic rings. The minimum Gasteiger partial charge on any atom is -0.0619 e. The number of hydrogen-bond acceptors (Lipinski definition) is 0. The van der Waals surface area contributed by atoms with E-state index in [1.165, 1.54) is 89.0 Å². The minimum absolute atomic E-state index is 0.256. The average molecular weight is 599 g/mol. The number of hydrogen-bond donors (Lipinski definition) is 0. The highest BCUT2D eigenvalue weighted by Gasteiger charge is 2.51. The molecule has 0 saturated carbocycles. The van der Waals surface area contributed by atoms with E-state index in [9.17, 15) is 0 Å². The van der Waals surface area contributed by atoms with Crippen LogP contribution in [-0.2, 0) is 5.41 Å². The first-order chi connectivity index (χ1) is 23.2. The quantitative estimate of drug-likeness (QED) is 0.190. The zero-order valence-corrected chi connectivity index (χ0v) is 26.7. The van der Waals surface area contributed by atoms with Gasteiger partial charge in [0.05, 0.1) is 5.41 Å². The normalized spacial score (nSPS) is 16.2. The molecule has 0 amide bonds. The first-order valence-electron chi connectivity index (χ1n) is 16.9. The summed E-state index contributed by atoms with van der Waals surface area (Å²) in [4.78, 5) is 0. The molecule has 1 unspecified atom stereocenters. The van der Waals surface area contributed by atoms with Crippen LogP contribution in [-0.4, -0.2) is 0 Å². The standard InChI is InChI=1S/C47H34/c1-29(31-22-24-32(25-23-31)35-17-11-18-41-36-13-4-3-12-34(36)30(2)46(35)41)33-26-27-40-39-16-7-10-21-44(39)47(45(40)28-33)42-19-8-5-14-37(42)38-15-6-9-20-43(38)47/h3-30H,1-2H3/t29-,30?/m0/s1. The summed E-state index contributed by atoms with van der Waals surface area (Å²) < 4.78 is 0. The van der Waals surface area contributed by atoms with Crippen molar-refractivity contribution in [3.8, 4) is 44.5 Å². The van der Waals surface area contributed by atoms with Crippen molar-refractivity contribution in [3.05, 3.63) is 202 Å². The molecular weight excluding hydrogens is 565 g/mol. The molecule has 0 N–H and O–H groups in total. The van der Waals surface area contributed by atoms with Crippen LogP contribution in [0.2, 0.25) is 0 Å². The monoisotopic (exact) mass is 598 g/mol. The Morgan fingerprint density at radius 3 is 1.55 bits per heavy atom. The van der Waals surface area contributed by atoms with E-state index in [4.69, 9.17) is 0 Å². The van der Waals surface area contributed by atoms with E-state index in [0.717, 1.165) is 0 Å². The van der Waals surface area contributed by atoms with Crippen molar-refractivity contribution in [1.82, 2.24) is 0 Å². The predicted octanol–water partition coefficient (Wildman–Crippen LogP) is 12.0. The van der Waals surface area contributed by atoms with Crippen LogP contribution in [0.25, 0.3) is 44.5 Å². The van der Waals surface area contributed by atoms with Crippen molar-refractivity contribution in [1.29, 1.82) is 0 Å². The maximum absolute atomic E-state index is 2.52. The molecule has 3 aliphatic carbocycles. The smallest absolute Gasteiger partial charge is 0.0619 e. The van der Waals surface area contributed by atoms with Gasteiger partial charge in [-0.2, -0.15) is 0 Å². The zero-order valence-electron chi connectivity index (χ0n) is 26.7.